The van der Waals surface area contributed by atoms with Gasteiger partial charge in [-0.2, -0.15) is 0 Å². The average Bonchev–Trinajstić information content (AvgIpc) is 2.54. The molecule has 1 atom stereocenters. The van der Waals surface area contributed by atoms with Crippen molar-refractivity contribution in [2.24, 2.45) is 4.99 Å². The highest BCUT2D eigenvalue weighted by Gasteiger charge is 2.16. The van der Waals surface area contributed by atoms with Crippen LogP contribution in [0.3, 0.4) is 0 Å². The fraction of sp³-hybridized carbons (Fsp3) is 0.250. The predicted molar refractivity (Wildman–Crippen MR) is 49.2 cm³/mol. The maximum Gasteiger partial charge on any atom is 0.155 e. The van der Waals surface area contributed by atoms with E-state index in [-0.39, 0.29) is 0 Å². The van der Waals surface area contributed by atoms with Crippen molar-refractivity contribution in [2.45, 2.75) is 6.23 Å². The molecular weight excluding hydrogens is 172 g/mol. The topological polar surface area (TPSA) is 45.5 Å². The predicted octanol–water partition coefficient (Wildman–Crippen LogP) is 0.893. The fourth-order valence-electron chi connectivity index (χ4n) is 0.993. The Labute approximate surface area is 74.6 Å². The van der Waals surface area contributed by atoms with Crippen molar-refractivity contribution in [3.05, 3.63) is 30.1 Å². The van der Waals surface area contributed by atoms with Crippen molar-refractivity contribution in [2.75, 3.05) is 5.75 Å². The molecule has 1 unspecified atom stereocenters. The molecule has 2 heterocycles. The summed E-state index contributed by atoms with van der Waals surface area (Å²) < 4.78 is 0. The molecule has 1 aliphatic heterocycles. The van der Waals surface area contributed by atoms with Crippen LogP contribution in [0.25, 0.3) is 0 Å². The number of aromatic nitrogens is 1. The Bertz CT molecular complexity index is 299. The van der Waals surface area contributed by atoms with Gasteiger partial charge in [0, 0.05) is 11.9 Å². The molecule has 1 aromatic heterocycles. The molecule has 0 fully saturated rings. The lowest BCUT2D eigenvalue weighted by Gasteiger charge is -1.95. The molecule has 0 radical (unpaired) electrons. The van der Waals surface area contributed by atoms with Crippen molar-refractivity contribution in [3.8, 4) is 0 Å². The van der Waals surface area contributed by atoms with Gasteiger partial charge in [0.15, 0.2) is 6.23 Å². The summed E-state index contributed by atoms with van der Waals surface area (Å²) in [5.74, 6) is 0.645. The SMILES string of the molecule is OC1CSC(c2ccccn2)=N1. The molecule has 0 aromatic carbocycles. The molecule has 0 aliphatic carbocycles. The van der Waals surface area contributed by atoms with E-state index in [1.807, 2.05) is 18.2 Å². The molecule has 2 rings (SSSR count). The second-order valence-electron chi connectivity index (χ2n) is 2.44. The third kappa shape index (κ3) is 1.49. The largest absolute Gasteiger partial charge is 0.371 e. The quantitative estimate of drug-likeness (QED) is 0.698. The van der Waals surface area contributed by atoms with Crippen molar-refractivity contribution in [3.63, 3.8) is 0 Å². The van der Waals surface area contributed by atoms with E-state index in [9.17, 15) is 0 Å². The van der Waals surface area contributed by atoms with Crippen molar-refractivity contribution in [1.29, 1.82) is 0 Å². The highest BCUT2D eigenvalue weighted by molar-refractivity contribution is 8.14. The summed E-state index contributed by atoms with van der Waals surface area (Å²) in [6, 6.07) is 5.67. The van der Waals surface area contributed by atoms with Gasteiger partial charge in [0.1, 0.15) is 5.04 Å². The second-order valence-corrected chi connectivity index (χ2v) is 3.45. The van der Waals surface area contributed by atoms with Gasteiger partial charge in [-0.05, 0) is 12.1 Å². The molecule has 0 saturated carbocycles. The second kappa shape index (κ2) is 3.25. The van der Waals surface area contributed by atoms with Crippen LogP contribution in [0, 0.1) is 0 Å². The summed E-state index contributed by atoms with van der Waals surface area (Å²) in [7, 11) is 0. The first kappa shape index (κ1) is 7.76. The van der Waals surface area contributed by atoms with Gasteiger partial charge in [-0.1, -0.05) is 17.8 Å². The highest BCUT2D eigenvalue weighted by atomic mass is 32.2. The molecule has 0 saturated heterocycles. The van der Waals surface area contributed by atoms with Crippen LogP contribution in [0.1, 0.15) is 5.69 Å². The fourth-order valence-corrected chi connectivity index (χ4v) is 1.84. The molecule has 3 nitrogen and oxygen atoms in total. The summed E-state index contributed by atoms with van der Waals surface area (Å²) in [5.41, 5.74) is 0.846. The Morgan fingerprint density at radius 2 is 2.42 bits per heavy atom. The molecule has 0 amide bonds. The lowest BCUT2D eigenvalue weighted by Crippen LogP contribution is -1.99. The van der Waals surface area contributed by atoms with Crippen LogP contribution in [0.4, 0.5) is 0 Å². The van der Waals surface area contributed by atoms with Gasteiger partial charge in [-0.25, -0.2) is 4.99 Å². The minimum atomic E-state index is -0.549. The number of rotatable bonds is 1. The van der Waals surface area contributed by atoms with E-state index in [1.165, 1.54) is 0 Å². The summed E-state index contributed by atoms with van der Waals surface area (Å²) in [6.07, 6.45) is 1.18. The molecule has 4 heteroatoms. The van der Waals surface area contributed by atoms with E-state index >= 15 is 0 Å². The summed E-state index contributed by atoms with van der Waals surface area (Å²) >= 11 is 1.54. The number of aliphatic hydroxyl groups is 1. The standard InChI is InChI=1S/C8H8N2OS/c11-7-5-12-8(10-7)6-3-1-2-4-9-6/h1-4,7,11H,5H2. The van der Waals surface area contributed by atoms with E-state index in [4.69, 9.17) is 5.11 Å². The third-order valence-corrected chi connectivity index (χ3v) is 2.57. The molecule has 0 spiro atoms. The molecule has 62 valence electrons. The normalized spacial score (nSPS) is 22.4. The van der Waals surface area contributed by atoms with Gasteiger partial charge in [0.05, 0.1) is 5.69 Å². The number of aliphatic imine (C=N–C) groups is 1. The Morgan fingerprint density at radius 1 is 1.50 bits per heavy atom. The number of hydrogen-bond acceptors (Lipinski definition) is 4. The highest BCUT2D eigenvalue weighted by Crippen LogP contribution is 2.20. The summed E-state index contributed by atoms with van der Waals surface area (Å²) in [4.78, 5) is 8.16. The first-order chi connectivity index (χ1) is 5.86. The smallest absolute Gasteiger partial charge is 0.155 e. The van der Waals surface area contributed by atoms with E-state index in [0.29, 0.717) is 5.75 Å². The lowest BCUT2D eigenvalue weighted by molar-refractivity contribution is 0.213. The molecule has 12 heavy (non-hydrogen) atoms. The number of thioether (sulfide) groups is 1. The first-order valence-corrected chi connectivity index (χ1v) is 4.65. The molecule has 1 aliphatic rings. The Kier molecular flexibility index (Phi) is 2.10. The van der Waals surface area contributed by atoms with E-state index in [1.54, 1.807) is 18.0 Å². The number of nitrogens with zero attached hydrogens (tertiary/aromatic N) is 2. The molecule has 1 N–H and O–H groups in total. The monoisotopic (exact) mass is 180 g/mol. The maximum atomic E-state index is 9.12. The van der Waals surface area contributed by atoms with Crippen molar-refractivity contribution >= 4 is 16.8 Å². The zero-order valence-corrected chi connectivity index (χ0v) is 7.16. The van der Waals surface area contributed by atoms with Gasteiger partial charge in [0.2, 0.25) is 0 Å². The van der Waals surface area contributed by atoms with E-state index in [0.717, 1.165) is 10.7 Å². The molecule has 0 bridgehead atoms. The zero-order chi connectivity index (χ0) is 8.39. The maximum absolute atomic E-state index is 9.12. The Balaban J connectivity index is 2.27. The van der Waals surface area contributed by atoms with Crippen LogP contribution in [0.5, 0.6) is 0 Å². The van der Waals surface area contributed by atoms with Crippen LogP contribution < -0.4 is 0 Å². The minimum absolute atomic E-state index is 0.549. The van der Waals surface area contributed by atoms with Crippen LogP contribution in [-0.4, -0.2) is 27.1 Å². The van der Waals surface area contributed by atoms with Crippen LogP contribution in [-0.2, 0) is 0 Å². The van der Waals surface area contributed by atoms with Crippen molar-refractivity contribution < 1.29 is 5.11 Å². The third-order valence-electron chi connectivity index (χ3n) is 1.52. The Morgan fingerprint density at radius 3 is 3.00 bits per heavy atom. The van der Waals surface area contributed by atoms with Gasteiger partial charge in [0.25, 0.3) is 0 Å². The number of hydrogen-bond donors (Lipinski definition) is 1. The summed E-state index contributed by atoms with van der Waals surface area (Å²) in [5, 5.41) is 9.96. The number of pyridine rings is 1. The lowest BCUT2D eigenvalue weighted by atomic mass is 10.4. The minimum Gasteiger partial charge on any atom is -0.371 e. The van der Waals surface area contributed by atoms with Gasteiger partial charge in [-0.3, -0.25) is 4.98 Å². The molecule has 1 aromatic rings. The van der Waals surface area contributed by atoms with Gasteiger partial charge < -0.3 is 5.11 Å². The summed E-state index contributed by atoms with van der Waals surface area (Å²) in [6.45, 7) is 0. The van der Waals surface area contributed by atoms with E-state index < -0.39 is 6.23 Å². The molecular formula is C8H8N2OS. The van der Waals surface area contributed by atoms with E-state index in [2.05, 4.69) is 9.98 Å². The number of aliphatic hydroxyl groups excluding tert-OH is 1. The van der Waals surface area contributed by atoms with Crippen LogP contribution in [0.2, 0.25) is 0 Å². The van der Waals surface area contributed by atoms with Gasteiger partial charge in [-0.15, -0.1) is 0 Å². The average molecular weight is 180 g/mol. The van der Waals surface area contributed by atoms with Crippen molar-refractivity contribution in [1.82, 2.24) is 4.98 Å². The zero-order valence-electron chi connectivity index (χ0n) is 6.34. The first-order valence-electron chi connectivity index (χ1n) is 3.66. The Hall–Kier alpha value is -0.870. The van der Waals surface area contributed by atoms with Crippen LogP contribution >= 0.6 is 11.8 Å². The van der Waals surface area contributed by atoms with Crippen LogP contribution in [0.15, 0.2) is 29.4 Å². The van der Waals surface area contributed by atoms with Gasteiger partial charge >= 0.3 is 0 Å².